The van der Waals surface area contributed by atoms with Crippen molar-refractivity contribution < 1.29 is 14.7 Å². The minimum absolute atomic E-state index is 0.163. The number of hydrogen-bond acceptors (Lipinski definition) is 5. The molecule has 1 saturated carbocycles. The van der Waals surface area contributed by atoms with Gasteiger partial charge < -0.3 is 10.4 Å². The van der Waals surface area contributed by atoms with Crippen LogP contribution in [-0.2, 0) is 4.79 Å². The second kappa shape index (κ2) is 6.33. The maximum Gasteiger partial charge on any atom is 0.306 e. The summed E-state index contributed by atoms with van der Waals surface area (Å²) >= 11 is 5.99. The van der Waals surface area contributed by atoms with Gasteiger partial charge in [-0.25, -0.2) is 0 Å². The summed E-state index contributed by atoms with van der Waals surface area (Å²) in [5.74, 6) is -1.55. The fourth-order valence-corrected chi connectivity index (χ4v) is 2.93. The molecule has 1 heterocycles. The molecule has 0 saturated heterocycles. The third-order valence-corrected chi connectivity index (χ3v) is 4.15. The van der Waals surface area contributed by atoms with Crippen LogP contribution in [0, 0.1) is 5.92 Å². The first-order valence-electron chi connectivity index (χ1n) is 7.11. The number of halogens is 1. The molecule has 9 heteroatoms. The van der Waals surface area contributed by atoms with Gasteiger partial charge in [0, 0.05) is 11.1 Å². The summed E-state index contributed by atoms with van der Waals surface area (Å²) in [6, 6.07) is 4.68. The molecule has 0 radical (unpaired) electrons. The Kier molecular flexibility index (Phi) is 4.24. The third-order valence-electron chi connectivity index (χ3n) is 3.92. The number of carbonyl (C=O) groups is 2. The highest BCUT2D eigenvalue weighted by atomic mass is 35.5. The van der Waals surface area contributed by atoms with E-state index in [4.69, 9.17) is 16.7 Å². The molecule has 8 nitrogen and oxygen atoms in total. The van der Waals surface area contributed by atoms with Crippen LogP contribution in [0.1, 0.15) is 29.6 Å². The van der Waals surface area contributed by atoms with Gasteiger partial charge in [0.15, 0.2) is 0 Å². The molecule has 1 amide bonds. The first-order valence-corrected chi connectivity index (χ1v) is 7.49. The molecule has 0 spiro atoms. The highest BCUT2D eigenvalue weighted by Crippen LogP contribution is 2.26. The Balaban J connectivity index is 1.80. The van der Waals surface area contributed by atoms with E-state index in [2.05, 4.69) is 20.8 Å². The Morgan fingerprint density at radius 3 is 2.83 bits per heavy atom. The molecule has 0 aliphatic heterocycles. The van der Waals surface area contributed by atoms with Gasteiger partial charge in [-0.15, -0.1) is 5.10 Å². The third kappa shape index (κ3) is 3.31. The quantitative estimate of drug-likeness (QED) is 0.871. The number of hydrogen-bond donors (Lipinski definition) is 2. The van der Waals surface area contributed by atoms with Crippen molar-refractivity contribution in [3.05, 3.63) is 35.1 Å². The molecule has 23 heavy (non-hydrogen) atoms. The van der Waals surface area contributed by atoms with Crippen LogP contribution in [0.5, 0.6) is 0 Å². The number of carbonyl (C=O) groups excluding carboxylic acids is 1. The molecule has 1 fully saturated rings. The van der Waals surface area contributed by atoms with Crippen molar-refractivity contribution in [2.75, 3.05) is 0 Å². The number of amides is 1. The lowest BCUT2D eigenvalue weighted by Crippen LogP contribution is -2.34. The SMILES string of the molecule is O=C(N[C@H]1CC[C@@H](C(=O)O)C1)c1cc(Cl)ccc1-n1cnnn1. The molecule has 120 valence electrons. The number of nitrogens with one attached hydrogen (secondary N) is 1. The lowest BCUT2D eigenvalue weighted by Gasteiger charge is -2.14. The zero-order valence-corrected chi connectivity index (χ0v) is 12.8. The highest BCUT2D eigenvalue weighted by Gasteiger charge is 2.31. The summed E-state index contributed by atoms with van der Waals surface area (Å²) in [4.78, 5) is 23.5. The van der Waals surface area contributed by atoms with Crippen LogP contribution in [-0.4, -0.2) is 43.2 Å². The van der Waals surface area contributed by atoms with Crippen molar-refractivity contribution in [1.82, 2.24) is 25.5 Å². The van der Waals surface area contributed by atoms with Gasteiger partial charge in [-0.1, -0.05) is 11.6 Å². The van der Waals surface area contributed by atoms with Crippen molar-refractivity contribution in [1.29, 1.82) is 0 Å². The predicted molar refractivity (Wildman–Crippen MR) is 80.4 cm³/mol. The van der Waals surface area contributed by atoms with Crippen LogP contribution in [0.4, 0.5) is 0 Å². The minimum Gasteiger partial charge on any atom is -0.481 e. The summed E-state index contributed by atoms with van der Waals surface area (Å²) < 4.78 is 1.37. The summed E-state index contributed by atoms with van der Waals surface area (Å²) in [6.07, 6.45) is 3.02. The average Bonchev–Trinajstić information content (AvgIpc) is 3.18. The molecular formula is C14H14ClN5O3. The number of benzene rings is 1. The highest BCUT2D eigenvalue weighted by molar-refractivity contribution is 6.31. The number of carboxylic acids is 1. The molecule has 1 aliphatic carbocycles. The van der Waals surface area contributed by atoms with E-state index in [1.54, 1.807) is 12.1 Å². The predicted octanol–water partition coefficient (Wildman–Crippen LogP) is 1.30. The Bertz CT molecular complexity index is 734. The van der Waals surface area contributed by atoms with E-state index < -0.39 is 11.9 Å². The van der Waals surface area contributed by atoms with Crippen molar-refractivity contribution in [3.63, 3.8) is 0 Å². The first kappa shape index (κ1) is 15.4. The van der Waals surface area contributed by atoms with E-state index in [-0.39, 0.29) is 11.9 Å². The van der Waals surface area contributed by atoms with Crippen LogP contribution >= 0.6 is 11.6 Å². The average molecular weight is 336 g/mol. The summed E-state index contributed by atoms with van der Waals surface area (Å²) in [7, 11) is 0. The topological polar surface area (TPSA) is 110 Å². The summed E-state index contributed by atoms with van der Waals surface area (Å²) in [5, 5.41) is 23.2. The van der Waals surface area contributed by atoms with Gasteiger partial charge in [0.1, 0.15) is 6.33 Å². The van der Waals surface area contributed by atoms with Crippen LogP contribution < -0.4 is 5.32 Å². The van der Waals surface area contributed by atoms with Gasteiger partial charge in [0.05, 0.1) is 17.2 Å². The second-order valence-electron chi connectivity index (χ2n) is 5.43. The molecule has 1 aromatic carbocycles. The van der Waals surface area contributed by atoms with Gasteiger partial charge in [-0.05, 0) is 47.9 Å². The zero-order chi connectivity index (χ0) is 16.4. The van der Waals surface area contributed by atoms with E-state index in [1.165, 1.54) is 17.1 Å². The summed E-state index contributed by atoms with van der Waals surface area (Å²) in [6.45, 7) is 0. The van der Waals surface area contributed by atoms with Gasteiger partial charge in [0.2, 0.25) is 0 Å². The largest absolute Gasteiger partial charge is 0.481 e. The standard InChI is InChI=1S/C14H14ClN5O3/c15-9-2-4-12(20-7-16-18-19-20)11(6-9)13(21)17-10-3-1-8(5-10)14(22)23/h2,4,6-8,10H,1,3,5H2,(H,17,21)(H,22,23)/t8-,10+/m1/s1. The molecule has 2 aromatic rings. The fraction of sp³-hybridized carbons (Fsp3) is 0.357. The van der Waals surface area contributed by atoms with E-state index in [1.807, 2.05) is 0 Å². The van der Waals surface area contributed by atoms with Crippen molar-refractivity contribution in [3.8, 4) is 5.69 Å². The zero-order valence-electron chi connectivity index (χ0n) is 12.0. The number of nitrogens with zero attached hydrogens (tertiary/aromatic N) is 4. The molecule has 1 aromatic heterocycles. The van der Waals surface area contributed by atoms with Gasteiger partial charge in [0.25, 0.3) is 5.91 Å². The van der Waals surface area contributed by atoms with Crippen LogP contribution in [0.25, 0.3) is 5.69 Å². The number of rotatable bonds is 4. The molecule has 0 unspecified atom stereocenters. The monoisotopic (exact) mass is 335 g/mol. The van der Waals surface area contributed by atoms with E-state index in [0.717, 1.165) is 0 Å². The lowest BCUT2D eigenvalue weighted by molar-refractivity contribution is -0.141. The van der Waals surface area contributed by atoms with Crippen molar-refractivity contribution in [2.24, 2.45) is 5.92 Å². The van der Waals surface area contributed by atoms with Gasteiger partial charge in [-0.3, -0.25) is 9.59 Å². The van der Waals surface area contributed by atoms with Crippen LogP contribution in [0.15, 0.2) is 24.5 Å². The molecular weight excluding hydrogens is 322 g/mol. The molecule has 2 N–H and O–H groups in total. The van der Waals surface area contributed by atoms with Gasteiger partial charge >= 0.3 is 5.97 Å². The Morgan fingerprint density at radius 1 is 1.35 bits per heavy atom. The second-order valence-corrected chi connectivity index (χ2v) is 5.87. The van der Waals surface area contributed by atoms with E-state index in [0.29, 0.717) is 35.5 Å². The maximum absolute atomic E-state index is 12.5. The number of aromatic nitrogens is 4. The van der Waals surface area contributed by atoms with Gasteiger partial charge in [-0.2, -0.15) is 4.68 Å². The Morgan fingerprint density at radius 2 is 2.17 bits per heavy atom. The minimum atomic E-state index is -0.820. The number of aliphatic carboxylic acids is 1. The van der Waals surface area contributed by atoms with Crippen LogP contribution in [0.2, 0.25) is 5.02 Å². The molecule has 3 rings (SSSR count). The molecule has 1 aliphatic rings. The van der Waals surface area contributed by atoms with Crippen LogP contribution in [0.3, 0.4) is 0 Å². The smallest absolute Gasteiger partial charge is 0.306 e. The maximum atomic E-state index is 12.5. The first-order chi connectivity index (χ1) is 11.0. The lowest BCUT2D eigenvalue weighted by atomic mass is 10.1. The molecule has 0 bridgehead atoms. The number of carboxylic acid groups (broad SMARTS) is 1. The molecule has 2 atom stereocenters. The fourth-order valence-electron chi connectivity index (χ4n) is 2.76. The van der Waals surface area contributed by atoms with Crippen molar-refractivity contribution in [2.45, 2.75) is 25.3 Å². The normalized spacial score (nSPS) is 20.4. The number of tetrazole rings is 1. The van der Waals surface area contributed by atoms with E-state index in [9.17, 15) is 9.59 Å². The Labute approximate surface area is 136 Å². The van der Waals surface area contributed by atoms with E-state index >= 15 is 0 Å². The van der Waals surface area contributed by atoms with Crippen molar-refractivity contribution >= 4 is 23.5 Å². The Hall–Kier alpha value is -2.48. The summed E-state index contributed by atoms with van der Waals surface area (Å²) in [5.41, 5.74) is 0.841.